The van der Waals surface area contributed by atoms with E-state index in [1.807, 2.05) is 43.3 Å². The van der Waals surface area contributed by atoms with Crippen LogP contribution in [0.4, 0.5) is 5.69 Å². The van der Waals surface area contributed by atoms with Gasteiger partial charge in [0.2, 0.25) is 11.8 Å². The number of anilines is 1. The summed E-state index contributed by atoms with van der Waals surface area (Å²) in [6.07, 6.45) is 2.32. The maximum absolute atomic E-state index is 12.2. The van der Waals surface area contributed by atoms with Crippen LogP contribution in [0.2, 0.25) is 0 Å². The summed E-state index contributed by atoms with van der Waals surface area (Å²) >= 11 is 0. The number of hydrogen-bond donors (Lipinski definition) is 2. The van der Waals surface area contributed by atoms with Gasteiger partial charge < -0.3 is 15.4 Å². The lowest BCUT2D eigenvalue weighted by molar-refractivity contribution is -0.122. The Kier molecular flexibility index (Phi) is 6.12. The second-order valence-electron chi connectivity index (χ2n) is 6.96. The third kappa shape index (κ3) is 5.09. The van der Waals surface area contributed by atoms with Gasteiger partial charge in [-0.1, -0.05) is 24.3 Å². The predicted octanol–water partition coefficient (Wildman–Crippen LogP) is 3.92. The van der Waals surface area contributed by atoms with Gasteiger partial charge >= 0.3 is 0 Å². The van der Waals surface area contributed by atoms with E-state index in [-0.39, 0.29) is 17.9 Å². The fourth-order valence-electron chi connectivity index (χ4n) is 3.34. The van der Waals surface area contributed by atoms with E-state index in [0.29, 0.717) is 25.9 Å². The molecule has 1 unspecified atom stereocenters. The van der Waals surface area contributed by atoms with Crippen LogP contribution in [0.3, 0.4) is 0 Å². The monoisotopic (exact) mass is 366 g/mol. The zero-order chi connectivity index (χ0) is 19.2. The van der Waals surface area contributed by atoms with Crippen LogP contribution >= 0.6 is 0 Å². The third-order valence-electron chi connectivity index (χ3n) is 4.82. The Balaban J connectivity index is 1.42. The summed E-state index contributed by atoms with van der Waals surface area (Å²) in [5.74, 6) is 0.864. The fraction of sp³-hybridized carbons (Fsp3) is 0.364. The molecule has 2 amide bonds. The third-order valence-corrected chi connectivity index (χ3v) is 4.82. The average molecular weight is 366 g/mol. The SMILES string of the molecule is Cc1ccccc1C(C)NC(=O)CCCOc1ccc2c(c1)CCC(=O)N2. The van der Waals surface area contributed by atoms with Gasteiger partial charge in [0.05, 0.1) is 12.6 Å². The van der Waals surface area contributed by atoms with Crippen LogP contribution < -0.4 is 15.4 Å². The molecule has 0 bridgehead atoms. The van der Waals surface area contributed by atoms with Crippen LogP contribution in [0.25, 0.3) is 0 Å². The lowest BCUT2D eigenvalue weighted by Crippen LogP contribution is -2.27. The van der Waals surface area contributed by atoms with Gasteiger partial charge in [0, 0.05) is 18.5 Å². The number of nitrogens with one attached hydrogen (secondary N) is 2. The highest BCUT2D eigenvalue weighted by Crippen LogP contribution is 2.26. The van der Waals surface area contributed by atoms with Crippen LogP contribution in [0.15, 0.2) is 42.5 Å². The molecule has 0 radical (unpaired) electrons. The number of aryl methyl sites for hydroxylation is 2. The van der Waals surface area contributed by atoms with E-state index in [1.54, 1.807) is 0 Å². The number of carbonyl (C=O) groups is 2. The zero-order valence-electron chi connectivity index (χ0n) is 15.9. The number of amides is 2. The molecule has 0 aromatic heterocycles. The standard InChI is InChI=1S/C22H26N2O3/c1-15-6-3-4-7-19(15)16(2)23-21(25)8-5-13-27-18-10-11-20-17(14-18)9-12-22(26)24-20/h3-4,6-7,10-11,14,16H,5,8-9,12-13H2,1-2H3,(H,23,25)(H,24,26). The molecule has 0 saturated carbocycles. The Hall–Kier alpha value is -2.82. The van der Waals surface area contributed by atoms with E-state index in [9.17, 15) is 9.59 Å². The topological polar surface area (TPSA) is 67.4 Å². The first-order chi connectivity index (χ1) is 13.0. The van der Waals surface area contributed by atoms with Crippen molar-refractivity contribution < 1.29 is 14.3 Å². The number of rotatable bonds is 7. The van der Waals surface area contributed by atoms with E-state index < -0.39 is 0 Å². The van der Waals surface area contributed by atoms with Crippen LogP contribution in [0, 0.1) is 6.92 Å². The van der Waals surface area contributed by atoms with Gasteiger partial charge in [0.1, 0.15) is 5.75 Å². The molecule has 1 heterocycles. The van der Waals surface area contributed by atoms with Gasteiger partial charge in [-0.25, -0.2) is 0 Å². The Labute approximate surface area is 160 Å². The molecule has 2 aromatic carbocycles. The van der Waals surface area contributed by atoms with Crippen molar-refractivity contribution in [2.75, 3.05) is 11.9 Å². The molecule has 0 spiro atoms. The Morgan fingerprint density at radius 1 is 1.22 bits per heavy atom. The molecule has 0 saturated heterocycles. The highest BCUT2D eigenvalue weighted by atomic mass is 16.5. The van der Waals surface area contributed by atoms with Gasteiger partial charge in [-0.15, -0.1) is 0 Å². The van der Waals surface area contributed by atoms with Crippen molar-refractivity contribution in [3.8, 4) is 5.75 Å². The lowest BCUT2D eigenvalue weighted by atomic mass is 10.0. The summed E-state index contributed by atoms with van der Waals surface area (Å²) in [5.41, 5.74) is 4.28. The number of benzene rings is 2. The number of ether oxygens (including phenoxy) is 1. The molecule has 0 aliphatic carbocycles. The van der Waals surface area contributed by atoms with Gasteiger partial charge in [-0.3, -0.25) is 9.59 Å². The molecule has 3 rings (SSSR count). The van der Waals surface area contributed by atoms with Crippen LogP contribution in [0.5, 0.6) is 5.75 Å². The quantitative estimate of drug-likeness (QED) is 0.730. The maximum Gasteiger partial charge on any atom is 0.224 e. The van der Waals surface area contributed by atoms with E-state index in [0.717, 1.165) is 29.0 Å². The molecule has 142 valence electrons. The van der Waals surface area contributed by atoms with E-state index in [4.69, 9.17) is 4.74 Å². The Bertz CT molecular complexity index is 832. The first-order valence-electron chi connectivity index (χ1n) is 9.43. The predicted molar refractivity (Wildman–Crippen MR) is 106 cm³/mol. The molecular formula is C22H26N2O3. The van der Waals surface area contributed by atoms with Crippen LogP contribution in [0.1, 0.15) is 48.9 Å². The van der Waals surface area contributed by atoms with E-state index in [2.05, 4.69) is 23.6 Å². The zero-order valence-corrected chi connectivity index (χ0v) is 15.9. The smallest absolute Gasteiger partial charge is 0.224 e. The molecule has 2 N–H and O–H groups in total. The van der Waals surface area contributed by atoms with Crippen molar-refractivity contribution in [2.45, 2.75) is 45.6 Å². The molecule has 1 aliphatic rings. The fourth-order valence-corrected chi connectivity index (χ4v) is 3.34. The molecule has 2 aromatic rings. The number of fused-ring (bicyclic) bond motifs is 1. The molecule has 5 nitrogen and oxygen atoms in total. The summed E-state index contributed by atoms with van der Waals surface area (Å²) in [6, 6.07) is 13.8. The maximum atomic E-state index is 12.2. The van der Waals surface area contributed by atoms with Gasteiger partial charge in [0.15, 0.2) is 0 Å². The molecular weight excluding hydrogens is 340 g/mol. The minimum atomic E-state index is -0.00419. The van der Waals surface area contributed by atoms with Gasteiger partial charge in [-0.2, -0.15) is 0 Å². The second kappa shape index (κ2) is 8.71. The molecule has 0 fully saturated rings. The summed E-state index contributed by atoms with van der Waals surface area (Å²) in [7, 11) is 0. The van der Waals surface area contributed by atoms with E-state index in [1.165, 1.54) is 5.56 Å². The highest BCUT2D eigenvalue weighted by Gasteiger charge is 2.15. The van der Waals surface area contributed by atoms with Crippen molar-refractivity contribution in [3.05, 3.63) is 59.2 Å². The molecule has 27 heavy (non-hydrogen) atoms. The van der Waals surface area contributed by atoms with Crippen molar-refractivity contribution in [2.24, 2.45) is 0 Å². The Morgan fingerprint density at radius 2 is 2.04 bits per heavy atom. The van der Waals surface area contributed by atoms with Crippen molar-refractivity contribution in [1.29, 1.82) is 0 Å². The van der Waals surface area contributed by atoms with Crippen molar-refractivity contribution in [3.63, 3.8) is 0 Å². The van der Waals surface area contributed by atoms with Crippen molar-refractivity contribution >= 4 is 17.5 Å². The number of hydrogen-bond acceptors (Lipinski definition) is 3. The van der Waals surface area contributed by atoms with Crippen LogP contribution in [-0.2, 0) is 16.0 Å². The van der Waals surface area contributed by atoms with Gasteiger partial charge in [0.25, 0.3) is 0 Å². The average Bonchev–Trinajstić information content (AvgIpc) is 2.65. The largest absolute Gasteiger partial charge is 0.494 e. The summed E-state index contributed by atoms with van der Waals surface area (Å²) < 4.78 is 5.77. The van der Waals surface area contributed by atoms with E-state index >= 15 is 0 Å². The molecule has 1 atom stereocenters. The molecule has 5 heteroatoms. The summed E-state index contributed by atoms with van der Waals surface area (Å²) in [6.45, 7) is 4.54. The normalized spacial score (nSPS) is 14.1. The highest BCUT2D eigenvalue weighted by molar-refractivity contribution is 5.94. The second-order valence-corrected chi connectivity index (χ2v) is 6.96. The molecule has 1 aliphatic heterocycles. The van der Waals surface area contributed by atoms with Crippen LogP contribution in [-0.4, -0.2) is 18.4 Å². The minimum Gasteiger partial charge on any atom is -0.494 e. The number of carbonyl (C=O) groups excluding carboxylic acids is 2. The lowest BCUT2D eigenvalue weighted by Gasteiger charge is -2.18. The Morgan fingerprint density at radius 3 is 2.85 bits per heavy atom. The van der Waals surface area contributed by atoms with Gasteiger partial charge in [-0.05, 0) is 61.6 Å². The summed E-state index contributed by atoms with van der Waals surface area (Å²) in [5, 5.41) is 5.90. The first-order valence-corrected chi connectivity index (χ1v) is 9.43. The van der Waals surface area contributed by atoms with Crippen molar-refractivity contribution in [1.82, 2.24) is 5.32 Å². The summed E-state index contributed by atoms with van der Waals surface area (Å²) in [4.78, 5) is 23.6. The first kappa shape index (κ1) is 19.0. The minimum absolute atomic E-state index is 0.00419.